The van der Waals surface area contributed by atoms with Crippen LogP contribution in [0.5, 0.6) is 0 Å². The van der Waals surface area contributed by atoms with Crippen molar-refractivity contribution in [1.29, 1.82) is 0 Å². The topological polar surface area (TPSA) is 207 Å². The summed E-state index contributed by atoms with van der Waals surface area (Å²) in [7, 11) is 0. The van der Waals surface area contributed by atoms with Gasteiger partial charge < -0.3 is 36.8 Å². The number of aliphatic hydroxyl groups is 1. The van der Waals surface area contributed by atoms with E-state index in [0.29, 0.717) is 12.8 Å². The molecule has 1 unspecified atom stereocenters. The average Bonchev–Trinajstić information content (AvgIpc) is 3.21. The van der Waals surface area contributed by atoms with Crippen molar-refractivity contribution in [2.45, 2.75) is 62.8 Å². The molecule has 1 aliphatic carbocycles. The van der Waals surface area contributed by atoms with Gasteiger partial charge in [0.1, 0.15) is 6.04 Å². The van der Waals surface area contributed by atoms with Gasteiger partial charge in [0.15, 0.2) is 11.9 Å². The number of hydrogen-bond donors (Lipinski definition) is 6. The minimum Gasteiger partial charge on any atom is -0.480 e. The van der Waals surface area contributed by atoms with Gasteiger partial charge in [-0.2, -0.15) is 4.98 Å². The van der Waals surface area contributed by atoms with Crippen LogP contribution in [0.15, 0.2) is 4.52 Å². The van der Waals surface area contributed by atoms with Crippen molar-refractivity contribution in [3.05, 3.63) is 11.7 Å². The highest BCUT2D eigenvalue weighted by Gasteiger charge is 2.37. The fourth-order valence-corrected chi connectivity index (χ4v) is 2.94. The Hall–Kier alpha value is -2.73. The van der Waals surface area contributed by atoms with Crippen LogP contribution in [-0.4, -0.2) is 50.4 Å². The number of nitrogens with zero attached hydrogens (tertiary/aromatic N) is 2. The maximum Gasteiger partial charge on any atom is 0.328 e. The van der Waals surface area contributed by atoms with E-state index >= 15 is 0 Å². The Morgan fingerprint density at radius 3 is 2.44 bits per heavy atom. The lowest BCUT2D eigenvalue weighted by Gasteiger charge is -2.20. The van der Waals surface area contributed by atoms with E-state index in [4.69, 9.17) is 21.1 Å². The van der Waals surface area contributed by atoms with Gasteiger partial charge in [0, 0.05) is 0 Å². The summed E-state index contributed by atoms with van der Waals surface area (Å²) in [5.41, 5.74) is 10.7. The second-order valence-corrected chi connectivity index (χ2v) is 6.72. The van der Waals surface area contributed by atoms with Crippen LogP contribution in [0.4, 0.5) is 4.79 Å². The molecule has 3 amide bonds. The van der Waals surface area contributed by atoms with E-state index in [1.807, 2.05) is 0 Å². The number of amides is 3. The van der Waals surface area contributed by atoms with Crippen molar-refractivity contribution in [3.8, 4) is 0 Å². The molecule has 2 rings (SSSR count). The Morgan fingerprint density at radius 1 is 1.30 bits per heavy atom. The molecule has 12 nitrogen and oxygen atoms in total. The molecule has 0 aliphatic heterocycles. The maximum atomic E-state index is 12.1. The van der Waals surface area contributed by atoms with Crippen molar-refractivity contribution in [2.24, 2.45) is 11.5 Å². The van der Waals surface area contributed by atoms with Gasteiger partial charge in [-0.05, 0) is 19.8 Å². The van der Waals surface area contributed by atoms with Gasteiger partial charge in [0.2, 0.25) is 11.8 Å². The molecule has 0 aromatic carbocycles. The standard InChI is InChI=1S/C15H24N6O6/c1-7(22)10(12(24)25)19-14(26)18-8(6-9(16)23)11-20-13(21-27-11)15(17)4-2-3-5-15/h7-8,10,22H,2-6,17H2,1H3,(H2,16,23)(H,24,25)(H2,18,19,26)/t7?,8-,10-/m0/s1. The summed E-state index contributed by atoms with van der Waals surface area (Å²) in [5, 5.41) is 26.7. The van der Waals surface area contributed by atoms with Crippen LogP contribution >= 0.6 is 0 Å². The number of aromatic nitrogens is 2. The Balaban J connectivity index is 2.13. The third-order valence-corrected chi connectivity index (χ3v) is 4.43. The molecular formula is C15H24N6O6. The molecule has 1 fully saturated rings. The fraction of sp³-hybridized carbons (Fsp3) is 0.667. The molecule has 1 heterocycles. The first-order valence-corrected chi connectivity index (χ1v) is 8.51. The number of primary amides is 1. The number of carboxylic acid groups (broad SMARTS) is 1. The zero-order valence-corrected chi connectivity index (χ0v) is 14.8. The summed E-state index contributed by atoms with van der Waals surface area (Å²) in [6.45, 7) is 1.21. The average molecular weight is 384 g/mol. The highest BCUT2D eigenvalue weighted by atomic mass is 16.5. The molecule has 8 N–H and O–H groups in total. The van der Waals surface area contributed by atoms with Crippen LogP contribution in [0, 0.1) is 0 Å². The van der Waals surface area contributed by atoms with E-state index in [2.05, 4.69) is 20.8 Å². The number of carbonyl (C=O) groups excluding carboxylic acids is 2. The molecule has 1 aromatic heterocycles. The monoisotopic (exact) mass is 384 g/mol. The fourth-order valence-electron chi connectivity index (χ4n) is 2.94. The highest BCUT2D eigenvalue weighted by molar-refractivity contribution is 5.83. The van der Waals surface area contributed by atoms with Crippen LogP contribution in [0.25, 0.3) is 0 Å². The second-order valence-electron chi connectivity index (χ2n) is 6.72. The summed E-state index contributed by atoms with van der Waals surface area (Å²) in [4.78, 5) is 38.7. The van der Waals surface area contributed by atoms with Crippen molar-refractivity contribution < 1.29 is 29.1 Å². The Labute approximate surface area is 154 Å². The van der Waals surface area contributed by atoms with Gasteiger partial charge in [-0.1, -0.05) is 18.0 Å². The van der Waals surface area contributed by atoms with E-state index in [-0.39, 0.29) is 18.1 Å². The first-order valence-electron chi connectivity index (χ1n) is 8.51. The third-order valence-electron chi connectivity index (χ3n) is 4.43. The number of carbonyl (C=O) groups is 3. The molecule has 1 aromatic rings. The lowest BCUT2D eigenvalue weighted by atomic mass is 9.98. The SMILES string of the molecule is CC(O)[C@H](NC(=O)N[C@@H](CC(N)=O)c1nc(C2(N)CCCC2)no1)C(=O)O. The predicted molar refractivity (Wildman–Crippen MR) is 90.0 cm³/mol. The molecular weight excluding hydrogens is 360 g/mol. The van der Waals surface area contributed by atoms with Crippen molar-refractivity contribution in [2.75, 3.05) is 0 Å². The molecule has 27 heavy (non-hydrogen) atoms. The predicted octanol–water partition coefficient (Wildman–Crippen LogP) is -1.15. The molecule has 0 bridgehead atoms. The van der Waals surface area contributed by atoms with Gasteiger partial charge in [-0.3, -0.25) is 4.79 Å². The Bertz CT molecular complexity index is 699. The first kappa shape index (κ1) is 20.6. The molecule has 0 saturated heterocycles. The van der Waals surface area contributed by atoms with Crippen LogP contribution in [-0.2, 0) is 15.1 Å². The summed E-state index contributed by atoms with van der Waals surface area (Å²) < 4.78 is 5.15. The minimum atomic E-state index is -1.54. The van der Waals surface area contributed by atoms with Crippen LogP contribution in [0.3, 0.4) is 0 Å². The van der Waals surface area contributed by atoms with Gasteiger partial charge in [-0.25, -0.2) is 9.59 Å². The van der Waals surface area contributed by atoms with E-state index in [1.165, 1.54) is 6.92 Å². The summed E-state index contributed by atoms with van der Waals surface area (Å²) in [5.74, 6) is -1.95. The first-order chi connectivity index (χ1) is 12.6. The van der Waals surface area contributed by atoms with Crippen molar-refractivity contribution in [1.82, 2.24) is 20.8 Å². The smallest absolute Gasteiger partial charge is 0.328 e. The molecule has 1 aliphatic rings. The van der Waals surface area contributed by atoms with E-state index in [9.17, 15) is 19.5 Å². The number of nitrogens with two attached hydrogens (primary N) is 2. The molecule has 12 heteroatoms. The van der Waals surface area contributed by atoms with Gasteiger partial charge >= 0.3 is 12.0 Å². The minimum absolute atomic E-state index is 0.0698. The molecule has 150 valence electrons. The van der Waals surface area contributed by atoms with Gasteiger partial charge in [0.25, 0.3) is 0 Å². The zero-order valence-electron chi connectivity index (χ0n) is 14.8. The largest absolute Gasteiger partial charge is 0.480 e. The lowest BCUT2D eigenvalue weighted by molar-refractivity contribution is -0.141. The zero-order chi connectivity index (χ0) is 20.2. The molecule has 3 atom stereocenters. The van der Waals surface area contributed by atoms with Gasteiger partial charge in [0.05, 0.1) is 18.1 Å². The van der Waals surface area contributed by atoms with Crippen LogP contribution in [0.1, 0.15) is 56.8 Å². The maximum absolute atomic E-state index is 12.1. The highest BCUT2D eigenvalue weighted by Crippen LogP contribution is 2.35. The number of hydrogen-bond acceptors (Lipinski definition) is 8. The summed E-state index contributed by atoms with van der Waals surface area (Å²) >= 11 is 0. The van der Waals surface area contributed by atoms with Crippen LogP contribution in [0.2, 0.25) is 0 Å². The number of rotatable bonds is 8. The van der Waals surface area contributed by atoms with Gasteiger partial charge in [-0.15, -0.1) is 0 Å². The quantitative estimate of drug-likeness (QED) is 0.319. The lowest BCUT2D eigenvalue weighted by Crippen LogP contribution is -2.52. The normalized spacial score (nSPS) is 19.1. The molecule has 0 radical (unpaired) electrons. The Morgan fingerprint density at radius 2 is 1.93 bits per heavy atom. The summed E-state index contributed by atoms with van der Waals surface area (Å²) in [6, 6.07) is -3.56. The number of nitrogens with one attached hydrogen (secondary N) is 2. The van der Waals surface area contributed by atoms with Crippen molar-refractivity contribution in [3.63, 3.8) is 0 Å². The third kappa shape index (κ3) is 5.14. The van der Waals surface area contributed by atoms with Crippen molar-refractivity contribution >= 4 is 17.9 Å². The number of aliphatic carboxylic acids is 1. The van der Waals surface area contributed by atoms with E-state index in [1.54, 1.807) is 0 Å². The van der Waals surface area contributed by atoms with Crippen LogP contribution < -0.4 is 22.1 Å². The van der Waals surface area contributed by atoms with E-state index < -0.39 is 41.6 Å². The van der Waals surface area contributed by atoms with E-state index in [0.717, 1.165) is 12.8 Å². The number of carboxylic acids is 1. The number of urea groups is 1. The molecule has 0 spiro atoms. The number of aliphatic hydroxyl groups excluding tert-OH is 1. The summed E-state index contributed by atoms with van der Waals surface area (Å²) in [6.07, 6.45) is 1.56. The second kappa shape index (κ2) is 8.31. The molecule has 1 saturated carbocycles. The Kier molecular flexibility index (Phi) is 6.33.